The van der Waals surface area contributed by atoms with Crippen LogP contribution >= 0.6 is 0 Å². The first-order chi connectivity index (χ1) is 12.9. The molecule has 0 spiro atoms. The van der Waals surface area contributed by atoms with Crippen LogP contribution in [0.25, 0.3) is 22.6 Å². The summed E-state index contributed by atoms with van der Waals surface area (Å²) in [4.78, 5) is 18.1. The van der Waals surface area contributed by atoms with Gasteiger partial charge in [0.1, 0.15) is 13.1 Å². The first-order valence-corrected chi connectivity index (χ1v) is 9.16. The molecule has 0 saturated heterocycles. The van der Waals surface area contributed by atoms with Crippen molar-refractivity contribution in [2.24, 2.45) is 0 Å². The second-order valence-corrected chi connectivity index (χ2v) is 7.46. The Morgan fingerprint density at radius 2 is 1.93 bits per heavy atom. The normalized spacial score (nSPS) is 17.9. The quantitative estimate of drug-likeness (QED) is 0.760. The molecular formula is C23H22N2O2. The van der Waals surface area contributed by atoms with Gasteiger partial charge in [-0.3, -0.25) is 0 Å². The second kappa shape index (κ2) is 6.63. The van der Waals surface area contributed by atoms with Gasteiger partial charge in [-0.2, -0.15) is 0 Å². The van der Waals surface area contributed by atoms with E-state index in [0.717, 1.165) is 28.9 Å². The third kappa shape index (κ3) is 3.13. The highest BCUT2D eigenvalue weighted by Crippen LogP contribution is 2.30. The maximum atomic E-state index is 12.0. The van der Waals surface area contributed by atoms with Crippen LogP contribution in [0.15, 0.2) is 42.5 Å². The smallest absolute Gasteiger partial charge is 0.106 e. The summed E-state index contributed by atoms with van der Waals surface area (Å²) in [6.07, 6.45) is 2.16. The fraction of sp³-hybridized carbons (Fsp3) is 0.217. The molecule has 2 aromatic carbocycles. The number of nitrogens with one attached hydrogen (secondary N) is 1. The third-order valence-electron chi connectivity index (χ3n) is 5.24. The largest absolute Gasteiger partial charge is 0.545 e. The highest BCUT2D eigenvalue weighted by molar-refractivity contribution is 6.05. The number of rotatable bonds is 2. The van der Waals surface area contributed by atoms with Gasteiger partial charge in [0.25, 0.3) is 0 Å². The highest BCUT2D eigenvalue weighted by atomic mass is 16.4. The lowest BCUT2D eigenvalue weighted by Crippen LogP contribution is -3.08. The summed E-state index contributed by atoms with van der Waals surface area (Å²) in [5, 5.41) is 12.6. The summed E-state index contributed by atoms with van der Waals surface area (Å²) in [6.45, 7) is 5.60. The van der Waals surface area contributed by atoms with E-state index in [0.29, 0.717) is 17.4 Å². The number of carboxylic acids is 1. The Labute approximate surface area is 158 Å². The van der Waals surface area contributed by atoms with E-state index in [1.54, 1.807) is 0 Å². The van der Waals surface area contributed by atoms with Crippen LogP contribution in [0.4, 0.5) is 0 Å². The van der Waals surface area contributed by atoms with E-state index in [4.69, 9.17) is 4.98 Å². The molecule has 0 radical (unpaired) electrons. The zero-order valence-electron chi connectivity index (χ0n) is 15.8. The summed E-state index contributed by atoms with van der Waals surface area (Å²) in [7, 11) is 2.08. The average Bonchev–Trinajstić information content (AvgIpc) is 2.62. The fourth-order valence-electron chi connectivity index (χ4n) is 3.92. The van der Waals surface area contributed by atoms with Crippen LogP contribution in [-0.2, 0) is 6.54 Å². The third-order valence-corrected chi connectivity index (χ3v) is 5.24. The van der Waals surface area contributed by atoms with Crippen LogP contribution in [0.2, 0.25) is 0 Å². The van der Waals surface area contributed by atoms with Crippen molar-refractivity contribution in [2.45, 2.75) is 20.4 Å². The van der Waals surface area contributed by atoms with Crippen molar-refractivity contribution < 1.29 is 14.8 Å². The molecule has 4 nitrogen and oxygen atoms in total. The number of carbonyl (C=O) groups is 1. The summed E-state index contributed by atoms with van der Waals surface area (Å²) in [5.41, 5.74) is 7.15. The molecule has 1 aromatic heterocycles. The molecule has 136 valence electrons. The lowest BCUT2D eigenvalue weighted by Gasteiger charge is -2.27. The van der Waals surface area contributed by atoms with Gasteiger partial charge in [0.05, 0.1) is 24.2 Å². The zero-order valence-corrected chi connectivity index (χ0v) is 15.8. The lowest BCUT2D eigenvalue weighted by atomic mass is 9.91. The van der Waals surface area contributed by atoms with Gasteiger partial charge < -0.3 is 14.8 Å². The molecule has 0 bridgehead atoms. The van der Waals surface area contributed by atoms with Gasteiger partial charge in [-0.25, -0.2) is 4.98 Å². The number of para-hydroxylation sites is 1. The van der Waals surface area contributed by atoms with E-state index in [2.05, 4.69) is 45.2 Å². The molecule has 1 aliphatic heterocycles. The molecule has 1 aliphatic rings. The zero-order chi connectivity index (χ0) is 19.1. The Balaban J connectivity index is 2.00. The van der Waals surface area contributed by atoms with Crippen LogP contribution < -0.4 is 10.0 Å². The van der Waals surface area contributed by atoms with Gasteiger partial charge in [-0.05, 0) is 37.1 Å². The average molecular weight is 358 g/mol. The number of pyridine rings is 1. The number of aryl methyl sites for hydroxylation is 2. The van der Waals surface area contributed by atoms with Crippen LogP contribution in [0.1, 0.15) is 38.3 Å². The Morgan fingerprint density at radius 3 is 2.70 bits per heavy atom. The summed E-state index contributed by atoms with van der Waals surface area (Å²) >= 11 is 0. The summed E-state index contributed by atoms with van der Waals surface area (Å²) in [5.74, 6) is -1.13. The Morgan fingerprint density at radius 1 is 1.15 bits per heavy atom. The lowest BCUT2D eigenvalue weighted by molar-refractivity contribution is -0.887. The molecule has 0 aliphatic carbocycles. The van der Waals surface area contributed by atoms with Crippen molar-refractivity contribution in [3.05, 3.63) is 76.0 Å². The van der Waals surface area contributed by atoms with Gasteiger partial charge in [0, 0.05) is 22.1 Å². The molecule has 0 amide bonds. The molecule has 27 heavy (non-hydrogen) atoms. The van der Waals surface area contributed by atoms with Crippen LogP contribution in [-0.4, -0.2) is 24.5 Å². The molecule has 1 unspecified atom stereocenters. The van der Waals surface area contributed by atoms with Crippen molar-refractivity contribution in [1.29, 1.82) is 0 Å². The number of hydrogen-bond donors (Lipinski definition) is 1. The van der Waals surface area contributed by atoms with Crippen molar-refractivity contribution >= 4 is 28.5 Å². The molecule has 1 atom stereocenters. The highest BCUT2D eigenvalue weighted by Gasteiger charge is 2.27. The number of aromatic carboxylic acids is 1. The standard InChI is InChI=1S/C23H22N2O2/c1-14-8-9-15(2)16(10-14)11-17-12-25(3)13-19-21(23(26)27)18-6-4-5-7-20(18)24-22(17)19/h4-11H,12-13H2,1-3H3,(H,26,27)/b17-11+. The molecule has 1 N–H and O–H groups in total. The number of aromatic nitrogens is 1. The number of likely N-dealkylation sites (N-methyl/N-ethyl adjacent to an activating group) is 1. The number of hydrogen-bond acceptors (Lipinski definition) is 3. The minimum atomic E-state index is -1.13. The SMILES string of the molecule is Cc1ccc(C)c(/C=C2\C[NH+](C)Cc3c2nc2ccccc2c3C(=O)[O-])c1. The van der Waals surface area contributed by atoms with Crippen LogP contribution in [0.3, 0.4) is 0 Å². The number of fused-ring (bicyclic) bond motifs is 2. The van der Waals surface area contributed by atoms with Gasteiger partial charge >= 0.3 is 0 Å². The van der Waals surface area contributed by atoms with Crippen LogP contribution in [0, 0.1) is 13.8 Å². The Bertz CT molecular complexity index is 1100. The first kappa shape index (κ1) is 17.4. The van der Waals surface area contributed by atoms with E-state index >= 15 is 0 Å². The van der Waals surface area contributed by atoms with E-state index in [-0.39, 0.29) is 5.56 Å². The van der Waals surface area contributed by atoms with Crippen LogP contribution in [0.5, 0.6) is 0 Å². The Hall–Kier alpha value is -2.98. The topological polar surface area (TPSA) is 57.5 Å². The van der Waals surface area contributed by atoms with E-state index in [1.807, 2.05) is 24.3 Å². The first-order valence-electron chi connectivity index (χ1n) is 9.16. The van der Waals surface area contributed by atoms with E-state index < -0.39 is 5.97 Å². The summed E-state index contributed by atoms with van der Waals surface area (Å²) < 4.78 is 0. The molecule has 4 rings (SSSR count). The summed E-state index contributed by atoms with van der Waals surface area (Å²) in [6, 6.07) is 13.8. The van der Waals surface area contributed by atoms with E-state index in [9.17, 15) is 9.90 Å². The van der Waals surface area contributed by atoms with Gasteiger partial charge in [0.2, 0.25) is 0 Å². The number of carboxylic acid groups (broad SMARTS) is 1. The molecule has 4 heteroatoms. The van der Waals surface area contributed by atoms with Gasteiger partial charge in [0.15, 0.2) is 0 Å². The molecule has 0 saturated carbocycles. The minimum absolute atomic E-state index is 0.279. The molecule has 0 fully saturated rings. The van der Waals surface area contributed by atoms with Crippen molar-refractivity contribution in [3.63, 3.8) is 0 Å². The predicted molar refractivity (Wildman–Crippen MR) is 105 cm³/mol. The molecule has 2 heterocycles. The van der Waals surface area contributed by atoms with Crippen molar-refractivity contribution in [3.8, 4) is 0 Å². The maximum absolute atomic E-state index is 12.0. The molecule has 3 aromatic rings. The predicted octanol–water partition coefficient (Wildman–Crippen LogP) is 1.78. The van der Waals surface area contributed by atoms with Crippen molar-refractivity contribution in [2.75, 3.05) is 13.6 Å². The van der Waals surface area contributed by atoms with E-state index in [1.165, 1.54) is 16.0 Å². The number of nitrogens with zero attached hydrogens (tertiary/aromatic N) is 1. The maximum Gasteiger partial charge on any atom is 0.106 e. The number of quaternary nitrogens is 1. The molecular weight excluding hydrogens is 336 g/mol. The number of benzene rings is 2. The minimum Gasteiger partial charge on any atom is -0.545 e. The fourth-order valence-corrected chi connectivity index (χ4v) is 3.92. The monoisotopic (exact) mass is 358 g/mol. The second-order valence-electron chi connectivity index (χ2n) is 7.46. The van der Waals surface area contributed by atoms with Gasteiger partial charge in [-0.15, -0.1) is 0 Å². The number of carbonyl (C=O) groups excluding carboxylic acids is 1. The van der Waals surface area contributed by atoms with Gasteiger partial charge in [-0.1, -0.05) is 42.0 Å². The Kier molecular flexibility index (Phi) is 4.28. The van der Waals surface area contributed by atoms with Crippen molar-refractivity contribution in [1.82, 2.24) is 4.98 Å².